The average Bonchev–Trinajstić information content (AvgIpc) is 3.37. The molecule has 220 valence electrons. The Hall–Kier alpha value is -3.66. The van der Waals surface area contributed by atoms with Crippen molar-refractivity contribution < 1.29 is 23.5 Å². The average molecular weight is 614 g/mol. The highest BCUT2D eigenvalue weighted by Crippen LogP contribution is 2.57. The quantitative estimate of drug-likeness (QED) is 0.287. The van der Waals surface area contributed by atoms with Crippen molar-refractivity contribution >= 4 is 52.3 Å². The standard InChI is InChI=1S/C31H31Cl2FN4O4/c1-30(2,3)14-24-31(20-7-6-17(32)13-22(20)37-29(31)41)25(16-9-18(33)12-19(34)10-16)26(38-24)28(40)36-21-8-5-15(27(35)39)11-23(21)42-4/h5-13,24-26,38H,14H2,1-4H3,(H2,35,39)(H,36,40)(H,37,41)/t24-,25-,26+,31+/m1/s1. The normalized spacial score (nSPS) is 23.0. The molecule has 3 amide bonds. The maximum absolute atomic E-state index is 14.9. The molecule has 0 saturated carbocycles. The van der Waals surface area contributed by atoms with E-state index in [9.17, 15) is 18.8 Å². The first-order valence-electron chi connectivity index (χ1n) is 13.4. The number of nitrogens with two attached hydrogens (primary N) is 1. The molecular weight excluding hydrogens is 582 g/mol. The number of methoxy groups -OCH3 is 1. The van der Waals surface area contributed by atoms with Crippen LogP contribution in [0.3, 0.4) is 0 Å². The Kier molecular flexibility index (Phi) is 7.72. The molecule has 5 rings (SSSR count). The number of nitrogens with one attached hydrogen (secondary N) is 3. The zero-order valence-corrected chi connectivity index (χ0v) is 25.0. The van der Waals surface area contributed by atoms with Crippen LogP contribution in [-0.4, -0.2) is 36.9 Å². The van der Waals surface area contributed by atoms with Crippen molar-refractivity contribution in [1.29, 1.82) is 0 Å². The van der Waals surface area contributed by atoms with Crippen LogP contribution < -0.4 is 26.4 Å². The topological polar surface area (TPSA) is 123 Å². The van der Waals surface area contributed by atoms with E-state index in [0.29, 0.717) is 33.9 Å². The molecule has 0 radical (unpaired) electrons. The number of benzene rings is 3. The molecule has 42 heavy (non-hydrogen) atoms. The van der Waals surface area contributed by atoms with E-state index in [4.69, 9.17) is 33.7 Å². The smallest absolute Gasteiger partial charge is 0.248 e. The largest absolute Gasteiger partial charge is 0.495 e. The van der Waals surface area contributed by atoms with E-state index in [1.165, 1.54) is 37.4 Å². The first kappa shape index (κ1) is 29.8. The van der Waals surface area contributed by atoms with Gasteiger partial charge in [-0.3, -0.25) is 14.4 Å². The molecule has 2 aliphatic rings. The van der Waals surface area contributed by atoms with Crippen molar-refractivity contribution in [3.8, 4) is 5.75 Å². The fourth-order valence-electron chi connectivity index (χ4n) is 6.34. The molecule has 0 bridgehead atoms. The molecule has 4 atom stereocenters. The predicted octanol–water partition coefficient (Wildman–Crippen LogP) is 5.63. The second-order valence-corrected chi connectivity index (χ2v) is 12.8. The zero-order valence-electron chi connectivity index (χ0n) is 23.5. The van der Waals surface area contributed by atoms with Crippen LogP contribution in [-0.2, 0) is 15.0 Å². The fourth-order valence-corrected chi connectivity index (χ4v) is 6.74. The van der Waals surface area contributed by atoms with Crippen LogP contribution in [0.1, 0.15) is 54.6 Å². The molecular formula is C31H31Cl2FN4O4. The highest BCUT2D eigenvalue weighted by molar-refractivity contribution is 6.31. The van der Waals surface area contributed by atoms with E-state index in [2.05, 4.69) is 16.0 Å². The Labute approximate surface area is 253 Å². The molecule has 1 spiro atoms. The number of carbonyl (C=O) groups is 3. The van der Waals surface area contributed by atoms with E-state index in [-0.39, 0.29) is 27.7 Å². The second-order valence-electron chi connectivity index (χ2n) is 11.9. The summed E-state index contributed by atoms with van der Waals surface area (Å²) >= 11 is 12.6. The highest BCUT2D eigenvalue weighted by Gasteiger charge is 2.65. The molecule has 3 aromatic rings. The van der Waals surface area contributed by atoms with Crippen LogP contribution in [0.4, 0.5) is 15.8 Å². The first-order valence-corrected chi connectivity index (χ1v) is 14.1. The third-order valence-electron chi connectivity index (χ3n) is 7.89. The van der Waals surface area contributed by atoms with Crippen molar-refractivity contribution in [2.45, 2.75) is 50.6 Å². The molecule has 2 aliphatic heterocycles. The number of hydrogen-bond acceptors (Lipinski definition) is 5. The summed E-state index contributed by atoms with van der Waals surface area (Å²) in [4.78, 5) is 40.1. The summed E-state index contributed by atoms with van der Waals surface area (Å²) in [6, 6.07) is 12.1. The molecule has 0 unspecified atom stereocenters. The number of amides is 3. The van der Waals surface area contributed by atoms with Gasteiger partial charge in [0.05, 0.1) is 18.8 Å². The minimum absolute atomic E-state index is 0.136. The molecule has 0 aliphatic carbocycles. The number of hydrogen-bond donors (Lipinski definition) is 4. The SMILES string of the molecule is COc1cc(C(N)=O)ccc1NC(=O)[C@H]1N[C@H](CC(C)(C)C)[C@]2(C(=O)Nc3cc(Cl)ccc32)[C@@H]1c1cc(F)cc(Cl)c1. The summed E-state index contributed by atoms with van der Waals surface area (Å²) < 4.78 is 20.3. The van der Waals surface area contributed by atoms with E-state index in [0.717, 1.165) is 0 Å². The Morgan fingerprint density at radius 3 is 2.45 bits per heavy atom. The van der Waals surface area contributed by atoms with Crippen LogP contribution in [0.5, 0.6) is 5.75 Å². The summed E-state index contributed by atoms with van der Waals surface area (Å²) in [5.74, 6) is -2.71. The van der Waals surface area contributed by atoms with Crippen LogP contribution in [0.25, 0.3) is 0 Å². The second kappa shape index (κ2) is 10.9. The Bertz CT molecular complexity index is 1590. The Balaban J connectivity index is 1.69. The van der Waals surface area contributed by atoms with Gasteiger partial charge >= 0.3 is 0 Å². The van der Waals surface area contributed by atoms with Crippen molar-refractivity contribution in [2.75, 3.05) is 17.7 Å². The van der Waals surface area contributed by atoms with Crippen LogP contribution in [0, 0.1) is 11.2 Å². The van der Waals surface area contributed by atoms with Crippen molar-refractivity contribution in [1.82, 2.24) is 5.32 Å². The summed E-state index contributed by atoms with van der Waals surface area (Å²) in [6.45, 7) is 6.14. The molecule has 11 heteroatoms. The van der Waals surface area contributed by atoms with Gasteiger partial charge in [-0.25, -0.2) is 4.39 Å². The fraction of sp³-hybridized carbons (Fsp3) is 0.323. The summed E-state index contributed by atoms with van der Waals surface area (Å²) in [7, 11) is 1.40. The molecule has 3 aromatic carbocycles. The summed E-state index contributed by atoms with van der Waals surface area (Å²) in [5, 5.41) is 9.88. The van der Waals surface area contributed by atoms with Gasteiger partial charge in [0, 0.05) is 33.3 Å². The predicted molar refractivity (Wildman–Crippen MR) is 161 cm³/mol. The number of fused-ring (bicyclic) bond motifs is 2. The molecule has 8 nitrogen and oxygen atoms in total. The molecule has 5 N–H and O–H groups in total. The van der Waals surface area contributed by atoms with Gasteiger partial charge in [-0.1, -0.05) is 50.0 Å². The lowest BCUT2D eigenvalue weighted by atomic mass is 9.62. The van der Waals surface area contributed by atoms with Gasteiger partial charge in [-0.2, -0.15) is 0 Å². The third kappa shape index (κ3) is 5.21. The molecule has 0 aromatic heterocycles. The maximum Gasteiger partial charge on any atom is 0.248 e. The van der Waals surface area contributed by atoms with Gasteiger partial charge in [-0.05, 0) is 71.5 Å². The van der Waals surface area contributed by atoms with Crippen LogP contribution in [0.2, 0.25) is 10.0 Å². The van der Waals surface area contributed by atoms with Crippen LogP contribution >= 0.6 is 23.2 Å². The lowest BCUT2D eigenvalue weighted by Gasteiger charge is -2.37. The van der Waals surface area contributed by atoms with E-state index >= 15 is 0 Å². The monoisotopic (exact) mass is 612 g/mol. The number of rotatable bonds is 6. The Morgan fingerprint density at radius 1 is 1.07 bits per heavy atom. The number of halogens is 3. The Morgan fingerprint density at radius 2 is 1.81 bits per heavy atom. The van der Waals surface area contributed by atoms with Gasteiger partial charge in [0.1, 0.15) is 17.0 Å². The van der Waals surface area contributed by atoms with Gasteiger partial charge < -0.3 is 26.4 Å². The van der Waals surface area contributed by atoms with E-state index < -0.39 is 41.0 Å². The summed E-state index contributed by atoms with van der Waals surface area (Å²) in [5.41, 5.74) is 5.91. The van der Waals surface area contributed by atoms with Gasteiger partial charge in [0.2, 0.25) is 17.7 Å². The number of anilines is 2. The lowest BCUT2D eigenvalue weighted by molar-refractivity contribution is -0.122. The molecule has 1 fully saturated rings. The maximum atomic E-state index is 14.9. The minimum Gasteiger partial charge on any atom is -0.495 e. The number of ether oxygens (including phenoxy) is 1. The minimum atomic E-state index is -1.31. The highest BCUT2D eigenvalue weighted by atomic mass is 35.5. The summed E-state index contributed by atoms with van der Waals surface area (Å²) in [6.07, 6.45) is 0.502. The number of carbonyl (C=O) groups excluding carboxylic acids is 3. The lowest BCUT2D eigenvalue weighted by Crippen LogP contribution is -2.49. The zero-order chi connectivity index (χ0) is 30.6. The molecule has 1 saturated heterocycles. The molecule has 2 heterocycles. The van der Waals surface area contributed by atoms with Crippen molar-refractivity contribution in [2.24, 2.45) is 11.1 Å². The van der Waals surface area contributed by atoms with E-state index in [1.54, 1.807) is 24.3 Å². The van der Waals surface area contributed by atoms with Gasteiger partial charge in [0.15, 0.2) is 0 Å². The first-order chi connectivity index (χ1) is 19.7. The van der Waals surface area contributed by atoms with Crippen molar-refractivity contribution in [3.05, 3.63) is 87.2 Å². The van der Waals surface area contributed by atoms with Crippen molar-refractivity contribution in [3.63, 3.8) is 0 Å². The van der Waals surface area contributed by atoms with Crippen LogP contribution in [0.15, 0.2) is 54.6 Å². The number of primary amides is 1. The van der Waals surface area contributed by atoms with Gasteiger partial charge in [-0.15, -0.1) is 0 Å². The van der Waals surface area contributed by atoms with E-state index in [1.807, 2.05) is 20.8 Å². The van der Waals surface area contributed by atoms with Gasteiger partial charge in [0.25, 0.3) is 0 Å². The third-order valence-corrected chi connectivity index (χ3v) is 8.35.